The van der Waals surface area contributed by atoms with Crippen LogP contribution in [-0.2, 0) is 26.5 Å². The van der Waals surface area contributed by atoms with E-state index >= 15 is 0 Å². The number of fused-ring (bicyclic) bond motifs is 3. The molecule has 0 amide bonds. The van der Waals surface area contributed by atoms with E-state index < -0.39 is 0 Å². The third-order valence-electron chi connectivity index (χ3n) is 8.29. The zero-order valence-corrected chi connectivity index (χ0v) is 28.9. The predicted octanol–water partition coefficient (Wildman–Crippen LogP) is 11.0. The van der Waals surface area contributed by atoms with Gasteiger partial charge in [-0.15, -0.1) is 48.0 Å². The maximum absolute atomic E-state index is 13.0. The molecule has 0 fully saturated rings. The van der Waals surface area contributed by atoms with Gasteiger partial charge in [-0.05, 0) is 71.1 Å². The Hall–Kier alpha value is -5.22. The summed E-state index contributed by atoms with van der Waals surface area (Å²) >= 11 is 0. The number of rotatable bonds is 5. The van der Waals surface area contributed by atoms with E-state index in [1.807, 2.05) is 60.9 Å². The maximum atomic E-state index is 13.0. The van der Waals surface area contributed by atoms with Crippen molar-refractivity contribution in [2.45, 2.75) is 20.3 Å². The number of hydrogen-bond acceptors (Lipinski definition) is 3. The Morgan fingerprint density at radius 2 is 1.40 bits per heavy atom. The van der Waals surface area contributed by atoms with E-state index in [9.17, 15) is 4.39 Å². The third-order valence-corrected chi connectivity index (χ3v) is 8.29. The van der Waals surface area contributed by atoms with E-state index in [0.29, 0.717) is 0 Å². The Balaban J connectivity index is 0.000000168. The number of benzene rings is 5. The molecular weight excluding hydrogens is 772 g/mol. The van der Waals surface area contributed by atoms with Crippen LogP contribution < -0.4 is 0 Å². The number of nitrogens with zero attached hydrogens (tertiary/aromatic N) is 2. The van der Waals surface area contributed by atoms with Gasteiger partial charge >= 0.3 is 0 Å². The van der Waals surface area contributed by atoms with Gasteiger partial charge in [-0.2, -0.15) is 0 Å². The number of furan rings is 1. The maximum Gasteiger partial charge on any atom is 0.120 e. The first-order valence-corrected chi connectivity index (χ1v) is 15.5. The molecule has 0 aliphatic carbocycles. The summed E-state index contributed by atoms with van der Waals surface area (Å²) in [5.74, 6) is -0.282. The van der Waals surface area contributed by atoms with Gasteiger partial charge in [-0.25, -0.2) is 0 Å². The summed E-state index contributed by atoms with van der Waals surface area (Å²) in [5.41, 5.74) is 12.3. The fourth-order valence-corrected chi connectivity index (χ4v) is 5.75. The molecule has 3 heterocycles. The summed E-state index contributed by atoms with van der Waals surface area (Å²) in [7, 11) is 0. The molecule has 0 aliphatic heterocycles. The number of aryl methyl sites for hydroxylation is 2. The molecule has 0 atom stereocenters. The van der Waals surface area contributed by atoms with Gasteiger partial charge in [0.05, 0.1) is 5.58 Å². The van der Waals surface area contributed by atoms with Crippen LogP contribution in [0.1, 0.15) is 22.3 Å². The molecule has 8 rings (SSSR count). The van der Waals surface area contributed by atoms with Crippen LogP contribution >= 0.6 is 0 Å². The van der Waals surface area contributed by atoms with Crippen LogP contribution in [0.3, 0.4) is 0 Å². The molecule has 5 heteroatoms. The van der Waals surface area contributed by atoms with Gasteiger partial charge in [-0.1, -0.05) is 102 Å². The van der Waals surface area contributed by atoms with Gasteiger partial charge in [0.15, 0.2) is 0 Å². The normalized spacial score (nSPS) is 10.7. The van der Waals surface area contributed by atoms with Crippen molar-refractivity contribution in [1.82, 2.24) is 9.97 Å². The van der Waals surface area contributed by atoms with Gasteiger partial charge in [0.25, 0.3) is 0 Å². The first-order chi connectivity index (χ1) is 23.0. The first kappa shape index (κ1) is 32.7. The number of pyridine rings is 2. The van der Waals surface area contributed by atoms with E-state index in [1.54, 1.807) is 6.07 Å². The second-order valence-corrected chi connectivity index (χ2v) is 11.5. The molecule has 48 heavy (non-hydrogen) atoms. The van der Waals surface area contributed by atoms with Gasteiger partial charge in [-0.3, -0.25) is 4.39 Å². The van der Waals surface area contributed by atoms with Crippen molar-refractivity contribution in [2.24, 2.45) is 0 Å². The zero-order chi connectivity index (χ0) is 32.2. The van der Waals surface area contributed by atoms with Crippen molar-refractivity contribution in [2.75, 3.05) is 0 Å². The van der Waals surface area contributed by atoms with Gasteiger partial charge in [0, 0.05) is 43.7 Å². The number of para-hydroxylation sites is 1. The summed E-state index contributed by atoms with van der Waals surface area (Å²) in [6.07, 6.45) is 4.65. The largest absolute Gasteiger partial charge is 0.501 e. The Bertz CT molecular complexity index is 2300. The second-order valence-electron chi connectivity index (χ2n) is 11.5. The number of aromatic nitrogens is 2. The molecule has 8 aromatic rings. The molecule has 0 bridgehead atoms. The van der Waals surface area contributed by atoms with Crippen molar-refractivity contribution >= 4 is 21.9 Å². The van der Waals surface area contributed by atoms with Crippen molar-refractivity contribution in [3.63, 3.8) is 0 Å². The monoisotopic (exact) mass is 803 g/mol. The second kappa shape index (κ2) is 14.7. The van der Waals surface area contributed by atoms with Crippen LogP contribution in [0, 0.1) is 31.8 Å². The predicted molar refractivity (Wildman–Crippen MR) is 188 cm³/mol. The van der Waals surface area contributed by atoms with E-state index in [4.69, 9.17) is 4.42 Å². The minimum atomic E-state index is -0.282. The van der Waals surface area contributed by atoms with Crippen molar-refractivity contribution in [3.05, 3.63) is 180 Å². The summed E-state index contributed by atoms with van der Waals surface area (Å²) < 4.78 is 19.1. The Morgan fingerprint density at radius 3 is 2.17 bits per heavy atom. The van der Waals surface area contributed by atoms with Crippen molar-refractivity contribution in [3.8, 4) is 33.6 Å². The van der Waals surface area contributed by atoms with E-state index in [0.717, 1.165) is 62.0 Å². The van der Waals surface area contributed by atoms with Crippen LogP contribution in [0.4, 0.5) is 4.39 Å². The van der Waals surface area contributed by atoms with Crippen LogP contribution in [0.2, 0.25) is 0 Å². The Labute approximate surface area is 293 Å². The Kier molecular flexibility index (Phi) is 10.0. The van der Waals surface area contributed by atoms with E-state index in [-0.39, 0.29) is 25.9 Å². The number of hydrogen-bond donors (Lipinski definition) is 0. The van der Waals surface area contributed by atoms with E-state index in [1.165, 1.54) is 34.4 Å². The summed E-state index contributed by atoms with van der Waals surface area (Å²) in [6, 6.07) is 47.8. The van der Waals surface area contributed by atoms with Crippen molar-refractivity contribution in [1.29, 1.82) is 0 Å². The molecule has 1 radical (unpaired) electrons. The fourth-order valence-electron chi connectivity index (χ4n) is 5.75. The minimum Gasteiger partial charge on any atom is -0.501 e. The fraction of sp³-hybridized carbons (Fsp3) is 0.0698. The van der Waals surface area contributed by atoms with Crippen LogP contribution in [0.15, 0.2) is 144 Å². The molecule has 0 aliphatic rings. The third kappa shape index (κ3) is 7.03. The molecule has 3 aromatic heterocycles. The van der Waals surface area contributed by atoms with Gasteiger partial charge in [0.1, 0.15) is 5.58 Å². The van der Waals surface area contributed by atoms with Crippen LogP contribution in [-0.4, -0.2) is 9.97 Å². The molecule has 0 unspecified atom stereocenters. The zero-order valence-electron chi connectivity index (χ0n) is 26.5. The summed E-state index contributed by atoms with van der Waals surface area (Å²) in [5, 5.41) is 2.21. The molecule has 0 saturated heterocycles. The minimum absolute atomic E-state index is 0. The van der Waals surface area contributed by atoms with Crippen LogP contribution in [0.25, 0.3) is 55.6 Å². The standard InChI is InChI=1S/C24H16NO.C19H15FN.Ir/c1-16-15-25-22(14-21(16)17-8-3-2-4-9-17)20-12-7-11-19-18-10-5-6-13-23(18)26-24(19)20;1-14-13-21-19(16-7-9-18(20)10-8-16)12-17(14)11-15-5-3-2-4-6-15;/h2-11,13-15H,1H3;2-7,9-10,12-13H,11H2,1H3;/q2*-1;. The van der Waals surface area contributed by atoms with Crippen LogP contribution in [0.5, 0.6) is 0 Å². The van der Waals surface area contributed by atoms with E-state index in [2.05, 4.69) is 96.6 Å². The molecule has 5 aromatic carbocycles. The number of halogens is 1. The average Bonchev–Trinajstić information content (AvgIpc) is 3.50. The summed E-state index contributed by atoms with van der Waals surface area (Å²) in [4.78, 5) is 9.09. The summed E-state index contributed by atoms with van der Waals surface area (Å²) in [6.45, 7) is 4.15. The molecular formula is C43H31FIrN2O-2. The van der Waals surface area contributed by atoms with Gasteiger partial charge < -0.3 is 14.4 Å². The quantitative estimate of drug-likeness (QED) is 0.163. The SMILES string of the molecule is Cc1cnc(-c2[c-]cc(F)cc2)cc1Cc1ccccc1.Cc1cnc(-c2[c-]ccc3c2oc2ccccc23)cc1-c1ccccc1.[Ir]. The smallest absolute Gasteiger partial charge is 0.120 e. The Morgan fingerprint density at radius 1 is 0.688 bits per heavy atom. The molecule has 0 saturated carbocycles. The topological polar surface area (TPSA) is 38.9 Å². The average molecular weight is 803 g/mol. The first-order valence-electron chi connectivity index (χ1n) is 15.5. The molecule has 237 valence electrons. The molecule has 0 N–H and O–H groups in total. The molecule has 0 spiro atoms. The van der Waals surface area contributed by atoms with Gasteiger partial charge in [0.2, 0.25) is 0 Å². The molecule has 3 nitrogen and oxygen atoms in total. The van der Waals surface area contributed by atoms with Crippen molar-refractivity contribution < 1.29 is 28.9 Å².